The zero-order valence-corrected chi connectivity index (χ0v) is 22.6. The number of non-ortho nitro benzene ring substituents is 1. The molecule has 7 nitrogen and oxygen atoms in total. The molecule has 214 valence electrons. The molecule has 0 saturated carbocycles. The third-order valence-electron chi connectivity index (χ3n) is 7.22. The molecule has 0 saturated heterocycles. The first-order valence-electron chi connectivity index (χ1n) is 13.2. The molecule has 0 aliphatic carbocycles. The van der Waals surface area contributed by atoms with Crippen LogP contribution >= 0.6 is 0 Å². The Morgan fingerprint density at radius 2 is 1.67 bits per heavy atom. The van der Waals surface area contributed by atoms with Crippen molar-refractivity contribution in [3.63, 3.8) is 0 Å². The molecular formula is C32H27F3N4O3. The van der Waals surface area contributed by atoms with Crippen molar-refractivity contribution in [2.75, 3.05) is 0 Å². The van der Waals surface area contributed by atoms with Gasteiger partial charge in [-0.3, -0.25) is 19.9 Å². The van der Waals surface area contributed by atoms with Crippen molar-refractivity contribution in [3.05, 3.63) is 141 Å². The van der Waals surface area contributed by atoms with Gasteiger partial charge in [-0.1, -0.05) is 42.0 Å². The molecule has 0 radical (unpaired) electrons. The van der Waals surface area contributed by atoms with Gasteiger partial charge in [0.15, 0.2) is 0 Å². The third kappa shape index (κ3) is 6.49. The van der Waals surface area contributed by atoms with Crippen LogP contribution in [0, 0.1) is 17.0 Å². The number of fused-ring (bicyclic) bond motifs is 1. The molecule has 0 aliphatic rings. The monoisotopic (exact) mass is 572 g/mol. The summed E-state index contributed by atoms with van der Waals surface area (Å²) >= 11 is 0. The topological polar surface area (TPSA) is 90.1 Å². The van der Waals surface area contributed by atoms with E-state index in [0.717, 1.165) is 28.8 Å². The van der Waals surface area contributed by atoms with E-state index in [1.165, 1.54) is 24.3 Å². The molecule has 0 fully saturated rings. The van der Waals surface area contributed by atoms with Gasteiger partial charge in [-0.15, -0.1) is 0 Å². The largest absolute Gasteiger partial charge is 0.416 e. The van der Waals surface area contributed by atoms with E-state index in [-0.39, 0.29) is 24.6 Å². The highest BCUT2D eigenvalue weighted by atomic mass is 19.4. The van der Waals surface area contributed by atoms with Gasteiger partial charge in [-0.2, -0.15) is 13.2 Å². The lowest BCUT2D eigenvalue weighted by Crippen LogP contribution is -2.25. The number of carbonyl (C=O) groups is 1. The molecule has 0 aliphatic heterocycles. The van der Waals surface area contributed by atoms with Crippen molar-refractivity contribution in [1.82, 2.24) is 14.9 Å². The van der Waals surface area contributed by atoms with E-state index >= 15 is 0 Å². The predicted octanol–water partition coefficient (Wildman–Crippen LogP) is 7.16. The highest BCUT2D eigenvalue weighted by molar-refractivity contribution is 5.88. The SMILES string of the molecule is Cc1ccc(Cn2cc([C@H](CC(=O)NCc3ccncc3)c3ccc(C(F)(F)F)cc3)c3cc([N+](=O)[O-])ccc32)cc1. The molecule has 0 spiro atoms. The average Bonchev–Trinajstić information content (AvgIpc) is 3.33. The molecule has 42 heavy (non-hydrogen) atoms. The van der Waals surface area contributed by atoms with Gasteiger partial charge in [-0.05, 0) is 59.5 Å². The van der Waals surface area contributed by atoms with E-state index < -0.39 is 22.6 Å². The molecule has 10 heteroatoms. The lowest BCUT2D eigenvalue weighted by atomic mass is 9.87. The number of nitro benzene ring substituents is 1. The van der Waals surface area contributed by atoms with Crippen LogP contribution in [0.2, 0.25) is 0 Å². The minimum absolute atomic E-state index is 0.0806. The van der Waals surface area contributed by atoms with E-state index in [0.29, 0.717) is 28.6 Å². The zero-order valence-electron chi connectivity index (χ0n) is 22.6. The van der Waals surface area contributed by atoms with Gasteiger partial charge in [0.05, 0.1) is 10.5 Å². The second-order valence-electron chi connectivity index (χ2n) is 10.2. The van der Waals surface area contributed by atoms with Gasteiger partial charge in [-0.25, -0.2) is 0 Å². The summed E-state index contributed by atoms with van der Waals surface area (Å²) in [5.74, 6) is -0.991. The Balaban J connectivity index is 1.58. The maximum atomic E-state index is 13.3. The molecular weight excluding hydrogens is 545 g/mol. The number of pyridine rings is 1. The summed E-state index contributed by atoms with van der Waals surface area (Å²) in [5, 5.41) is 15.1. The summed E-state index contributed by atoms with van der Waals surface area (Å²) in [6, 6.07) is 20.8. The fourth-order valence-corrected chi connectivity index (χ4v) is 5.00. The second kappa shape index (κ2) is 11.9. The number of nitrogens with zero attached hydrogens (tertiary/aromatic N) is 3. The molecule has 2 heterocycles. The summed E-state index contributed by atoms with van der Waals surface area (Å²) < 4.78 is 42.0. The first-order valence-corrected chi connectivity index (χ1v) is 13.2. The minimum Gasteiger partial charge on any atom is -0.352 e. The van der Waals surface area contributed by atoms with E-state index in [2.05, 4.69) is 10.3 Å². The van der Waals surface area contributed by atoms with Gasteiger partial charge >= 0.3 is 6.18 Å². The number of benzene rings is 3. The average molecular weight is 573 g/mol. The number of aromatic nitrogens is 2. The van der Waals surface area contributed by atoms with Crippen LogP contribution < -0.4 is 5.32 Å². The fraction of sp³-hybridized carbons (Fsp3) is 0.188. The van der Waals surface area contributed by atoms with Crippen molar-refractivity contribution in [2.24, 2.45) is 0 Å². The van der Waals surface area contributed by atoms with Crippen LogP contribution in [0.1, 0.15) is 45.7 Å². The van der Waals surface area contributed by atoms with Crippen LogP contribution in [0.15, 0.2) is 97.5 Å². The van der Waals surface area contributed by atoms with Gasteiger partial charge < -0.3 is 9.88 Å². The minimum atomic E-state index is -4.51. The maximum Gasteiger partial charge on any atom is 0.416 e. The van der Waals surface area contributed by atoms with Crippen molar-refractivity contribution in [1.29, 1.82) is 0 Å². The van der Waals surface area contributed by atoms with Gasteiger partial charge in [0, 0.05) is 67.1 Å². The number of nitrogens with one attached hydrogen (secondary N) is 1. The normalized spacial score (nSPS) is 12.3. The van der Waals surface area contributed by atoms with Crippen LogP contribution in [0.5, 0.6) is 0 Å². The first kappa shape index (κ1) is 28.5. The zero-order chi connectivity index (χ0) is 29.9. The summed E-state index contributed by atoms with van der Waals surface area (Å²) in [4.78, 5) is 28.4. The smallest absolute Gasteiger partial charge is 0.352 e. The number of halogens is 3. The van der Waals surface area contributed by atoms with Crippen LogP contribution in [0.3, 0.4) is 0 Å². The van der Waals surface area contributed by atoms with Crippen molar-refractivity contribution in [3.8, 4) is 0 Å². The molecule has 5 aromatic rings. The highest BCUT2D eigenvalue weighted by Gasteiger charge is 2.31. The molecule has 0 unspecified atom stereocenters. The molecule has 1 atom stereocenters. The third-order valence-corrected chi connectivity index (χ3v) is 7.22. The Bertz CT molecular complexity index is 1720. The highest BCUT2D eigenvalue weighted by Crippen LogP contribution is 2.38. The number of hydrogen-bond acceptors (Lipinski definition) is 4. The Hall–Kier alpha value is -4.99. The van der Waals surface area contributed by atoms with Crippen LogP contribution in [-0.2, 0) is 24.1 Å². The number of nitro groups is 1. The number of hydrogen-bond donors (Lipinski definition) is 1. The first-order chi connectivity index (χ1) is 20.1. The van der Waals surface area contributed by atoms with Crippen molar-refractivity contribution >= 4 is 22.5 Å². The van der Waals surface area contributed by atoms with Crippen molar-refractivity contribution < 1.29 is 22.9 Å². The second-order valence-corrected chi connectivity index (χ2v) is 10.2. The Kier molecular flexibility index (Phi) is 8.06. The van der Waals surface area contributed by atoms with E-state index in [1.807, 2.05) is 42.0 Å². The van der Waals surface area contributed by atoms with Crippen LogP contribution in [0.4, 0.5) is 18.9 Å². The summed E-state index contributed by atoms with van der Waals surface area (Å²) in [6.07, 6.45) is 0.473. The fourth-order valence-electron chi connectivity index (χ4n) is 5.00. The summed E-state index contributed by atoms with van der Waals surface area (Å²) in [6.45, 7) is 2.70. The Morgan fingerprint density at radius 1 is 0.976 bits per heavy atom. The van der Waals surface area contributed by atoms with Crippen LogP contribution in [0.25, 0.3) is 10.9 Å². The Morgan fingerprint density at radius 3 is 2.31 bits per heavy atom. The summed E-state index contributed by atoms with van der Waals surface area (Å²) in [5.41, 5.74) is 3.84. The van der Waals surface area contributed by atoms with Gasteiger partial charge in [0.2, 0.25) is 5.91 Å². The lowest BCUT2D eigenvalue weighted by molar-refractivity contribution is -0.384. The predicted molar refractivity (Wildman–Crippen MR) is 153 cm³/mol. The van der Waals surface area contributed by atoms with Gasteiger partial charge in [0.1, 0.15) is 0 Å². The quantitative estimate of drug-likeness (QED) is 0.150. The standard InChI is InChI=1S/C32H27F3N4O3/c1-21-2-4-23(5-3-21)19-38-20-29(28-16-26(39(41)42)10-11-30(28)38)27(24-6-8-25(9-7-24)32(33,34)35)17-31(40)37-18-22-12-14-36-15-13-22/h2-16,20,27H,17-19H2,1H3,(H,37,40)/t27-/m1/s1. The number of amides is 1. The number of alkyl halides is 3. The van der Waals surface area contributed by atoms with E-state index in [1.54, 1.807) is 30.6 Å². The van der Waals surface area contributed by atoms with Gasteiger partial charge in [0.25, 0.3) is 5.69 Å². The molecule has 5 rings (SSSR count). The van der Waals surface area contributed by atoms with E-state index in [4.69, 9.17) is 0 Å². The lowest BCUT2D eigenvalue weighted by Gasteiger charge is -2.18. The van der Waals surface area contributed by atoms with Crippen LogP contribution in [-0.4, -0.2) is 20.4 Å². The number of aryl methyl sites for hydroxylation is 1. The molecule has 2 aromatic heterocycles. The molecule has 3 aromatic carbocycles. The number of carbonyl (C=O) groups excluding carboxylic acids is 1. The molecule has 1 N–H and O–H groups in total. The Labute approximate surface area is 239 Å². The molecule has 1 amide bonds. The van der Waals surface area contributed by atoms with E-state index in [9.17, 15) is 28.1 Å². The maximum absolute atomic E-state index is 13.3. The number of rotatable bonds is 9. The van der Waals surface area contributed by atoms with Crippen molar-refractivity contribution in [2.45, 2.75) is 38.5 Å². The molecule has 0 bridgehead atoms. The summed E-state index contributed by atoms with van der Waals surface area (Å²) in [7, 11) is 0.